The number of aryl methyl sites for hydroxylation is 1. The molecule has 0 fully saturated rings. The van der Waals surface area contributed by atoms with Crippen molar-refractivity contribution < 1.29 is 9.21 Å². The van der Waals surface area contributed by atoms with Crippen LogP contribution in [-0.4, -0.2) is 26.1 Å². The third kappa shape index (κ3) is 3.68. The molecule has 0 aliphatic rings. The molecule has 0 aliphatic heterocycles. The van der Waals surface area contributed by atoms with Crippen LogP contribution in [0.3, 0.4) is 0 Å². The number of rotatable bonds is 7. The molecule has 0 bridgehead atoms. The van der Waals surface area contributed by atoms with Crippen molar-refractivity contribution in [1.82, 2.24) is 19.5 Å². The summed E-state index contributed by atoms with van der Waals surface area (Å²) in [6, 6.07) is 13.0. The Balaban J connectivity index is 1.51. The number of carbonyl (C=O) groups is 1. The second-order valence-corrected chi connectivity index (χ2v) is 7.31. The van der Waals surface area contributed by atoms with Gasteiger partial charge in [0.25, 0.3) is 5.56 Å². The number of amides is 1. The molecule has 29 heavy (non-hydrogen) atoms. The van der Waals surface area contributed by atoms with E-state index in [-0.39, 0.29) is 17.5 Å². The summed E-state index contributed by atoms with van der Waals surface area (Å²) in [6.45, 7) is 3.86. The van der Waals surface area contributed by atoms with Crippen molar-refractivity contribution in [3.63, 3.8) is 0 Å². The maximum atomic E-state index is 13.0. The Morgan fingerprint density at radius 1 is 1.21 bits per heavy atom. The number of hydrogen-bond acceptors (Lipinski definition) is 4. The minimum atomic E-state index is -0.659. The predicted molar refractivity (Wildman–Crippen MR) is 111 cm³/mol. The highest BCUT2D eigenvalue weighted by molar-refractivity contribution is 5.83. The van der Waals surface area contributed by atoms with Crippen molar-refractivity contribution in [3.05, 3.63) is 71.0 Å². The first-order valence-corrected chi connectivity index (χ1v) is 9.89. The third-order valence-electron chi connectivity index (χ3n) is 5.26. The summed E-state index contributed by atoms with van der Waals surface area (Å²) in [5, 5.41) is 7.30. The third-order valence-corrected chi connectivity index (χ3v) is 5.26. The van der Waals surface area contributed by atoms with E-state index in [1.165, 1.54) is 10.2 Å². The van der Waals surface area contributed by atoms with E-state index in [9.17, 15) is 9.59 Å². The summed E-state index contributed by atoms with van der Waals surface area (Å²) in [5.74, 6) is -0.192. The lowest BCUT2D eigenvalue weighted by atomic mass is 10.1. The van der Waals surface area contributed by atoms with E-state index in [0.717, 1.165) is 18.4 Å². The molecule has 7 nitrogen and oxygen atoms in total. The molecule has 3 heterocycles. The van der Waals surface area contributed by atoms with E-state index in [4.69, 9.17) is 4.42 Å². The molecule has 1 aromatic carbocycles. The van der Waals surface area contributed by atoms with E-state index in [2.05, 4.69) is 22.5 Å². The number of benzene rings is 1. The van der Waals surface area contributed by atoms with Gasteiger partial charge in [-0.15, -0.1) is 0 Å². The standard InChI is InChI=1S/C22H24N4O3/c1-3-17(21(27)24-15(2)9-10-16-7-5-4-6-8-16)26-22(28)19-13-20-18(11-12-29-20)25(19)14-23-26/h4-8,11-15,17H,3,9-10H2,1-2H3,(H,24,27). The maximum Gasteiger partial charge on any atom is 0.291 e. The normalized spacial score (nSPS) is 13.6. The highest BCUT2D eigenvalue weighted by Gasteiger charge is 2.23. The van der Waals surface area contributed by atoms with E-state index in [0.29, 0.717) is 17.5 Å². The first-order valence-electron chi connectivity index (χ1n) is 9.89. The van der Waals surface area contributed by atoms with Gasteiger partial charge in [0.2, 0.25) is 5.91 Å². The van der Waals surface area contributed by atoms with Crippen molar-refractivity contribution in [1.29, 1.82) is 0 Å². The van der Waals surface area contributed by atoms with Crippen molar-refractivity contribution in [3.8, 4) is 0 Å². The number of aromatic nitrogens is 3. The van der Waals surface area contributed by atoms with Gasteiger partial charge in [0.15, 0.2) is 5.58 Å². The van der Waals surface area contributed by atoms with Crippen molar-refractivity contribution in [2.45, 2.75) is 45.2 Å². The van der Waals surface area contributed by atoms with Gasteiger partial charge >= 0.3 is 0 Å². The van der Waals surface area contributed by atoms with E-state index in [1.54, 1.807) is 29.1 Å². The molecule has 0 radical (unpaired) electrons. The molecule has 3 aromatic heterocycles. The van der Waals surface area contributed by atoms with Crippen molar-refractivity contribution in [2.24, 2.45) is 0 Å². The van der Waals surface area contributed by atoms with Gasteiger partial charge in [-0.3, -0.25) is 14.0 Å². The van der Waals surface area contributed by atoms with E-state index in [1.807, 2.05) is 32.0 Å². The average Bonchev–Trinajstić information content (AvgIpc) is 3.31. The summed E-state index contributed by atoms with van der Waals surface area (Å²) in [4.78, 5) is 25.8. The number of nitrogens with one attached hydrogen (secondary N) is 1. The van der Waals surface area contributed by atoms with Gasteiger partial charge < -0.3 is 9.73 Å². The average molecular weight is 392 g/mol. The number of furan rings is 1. The van der Waals surface area contributed by atoms with Gasteiger partial charge in [-0.05, 0) is 31.7 Å². The lowest BCUT2D eigenvalue weighted by molar-refractivity contribution is -0.125. The van der Waals surface area contributed by atoms with Crippen LogP contribution in [-0.2, 0) is 11.2 Å². The molecule has 4 rings (SSSR count). The zero-order valence-electron chi connectivity index (χ0n) is 16.5. The Hall–Kier alpha value is -3.35. The van der Waals surface area contributed by atoms with E-state index < -0.39 is 6.04 Å². The molecule has 150 valence electrons. The van der Waals surface area contributed by atoms with Crippen LogP contribution in [0.25, 0.3) is 16.6 Å². The zero-order valence-corrected chi connectivity index (χ0v) is 16.5. The van der Waals surface area contributed by atoms with E-state index >= 15 is 0 Å². The Kier molecular flexibility index (Phi) is 5.20. The number of carbonyl (C=O) groups excluding carboxylic acids is 1. The molecule has 1 N–H and O–H groups in total. The highest BCUT2D eigenvalue weighted by atomic mass is 16.3. The quantitative estimate of drug-likeness (QED) is 0.523. The van der Waals surface area contributed by atoms with Gasteiger partial charge in [0, 0.05) is 18.2 Å². The Labute approximate surface area is 167 Å². The van der Waals surface area contributed by atoms with Gasteiger partial charge in [-0.1, -0.05) is 37.3 Å². The van der Waals surface area contributed by atoms with Crippen LogP contribution in [0.5, 0.6) is 0 Å². The maximum absolute atomic E-state index is 13.0. The number of nitrogens with zero attached hydrogens (tertiary/aromatic N) is 3. The monoisotopic (exact) mass is 392 g/mol. The predicted octanol–water partition coefficient (Wildman–Crippen LogP) is 3.33. The minimum absolute atomic E-state index is 0.00757. The van der Waals surface area contributed by atoms with Crippen LogP contribution in [0.4, 0.5) is 0 Å². The highest BCUT2D eigenvalue weighted by Crippen LogP contribution is 2.19. The summed E-state index contributed by atoms with van der Waals surface area (Å²) in [7, 11) is 0. The molecule has 2 atom stereocenters. The SMILES string of the molecule is CCC(C(=O)NC(C)CCc1ccccc1)n1ncn2c(cc3occc32)c1=O. The molecule has 7 heteroatoms. The van der Waals surface area contributed by atoms with Crippen LogP contribution < -0.4 is 10.9 Å². The number of fused-ring (bicyclic) bond motifs is 3. The van der Waals surface area contributed by atoms with Gasteiger partial charge in [0.05, 0.1) is 11.8 Å². The summed E-state index contributed by atoms with van der Waals surface area (Å²) in [5.41, 5.74) is 2.77. The smallest absolute Gasteiger partial charge is 0.291 e. The molecule has 0 aliphatic carbocycles. The summed E-state index contributed by atoms with van der Waals surface area (Å²) < 4.78 is 8.33. The first-order chi connectivity index (χ1) is 14.1. The Morgan fingerprint density at radius 2 is 2.00 bits per heavy atom. The largest absolute Gasteiger partial charge is 0.463 e. The second kappa shape index (κ2) is 7.95. The molecule has 0 saturated carbocycles. The van der Waals surface area contributed by atoms with Crippen LogP contribution in [0.15, 0.2) is 64.3 Å². The first kappa shape index (κ1) is 19.0. The molecule has 4 aromatic rings. The Bertz CT molecular complexity index is 1190. The summed E-state index contributed by atoms with van der Waals surface area (Å²) >= 11 is 0. The lowest BCUT2D eigenvalue weighted by Gasteiger charge is -2.20. The molecular formula is C22H24N4O3. The van der Waals surface area contributed by atoms with Crippen molar-refractivity contribution >= 4 is 22.5 Å². The van der Waals surface area contributed by atoms with Gasteiger partial charge in [-0.2, -0.15) is 5.10 Å². The fraction of sp³-hybridized carbons (Fsp3) is 0.318. The fourth-order valence-corrected chi connectivity index (χ4v) is 3.64. The summed E-state index contributed by atoms with van der Waals surface area (Å²) in [6.07, 6.45) is 5.30. The Morgan fingerprint density at radius 3 is 2.76 bits per heavy atom. The van der Waals surface area contributed by atoms with Crippen LogP contribution in [0.2, 0.25) is 0 Å². The van der Waals surface area contributed by atoms with Crippen LogP contribution in [0, 0.1) is 0 Å². The lowest BCUT2D eigenvalue weighted by Crippen LogP contribution is -2.42. The number of hydrogen-bond donors (Lipinski definition) is 1. The zero-order chi connectivity index (χ0) is 20.4. The molecule has 1 amide bonds. The molecule has 0 spiro atoms. The van der Waals surface area contributed by atoms with Crippen molar-refractivity contribution in [2.75, 3.05) is 0 Å². The van der Waals surface area contributed by atoms with Gasteiger partial charge in [0.1, 0.15) is 17.9 Å². The van der Waals surface area contributed by atoms with Crippen LogP contribution in [0.1, 0.15) is 38.3 Å². The minimum Gasteiger partial charge on any atom is -0.463 e. The molecule has 0 saturated heterocycles. The van der Waals surface area contributed by atoms with Gasteiger partial charge in [-0.25, -0.2) is 4.68 Å². The molecule has 2 unspecified atom stereocenters. The van der Waals surface area contributed by atoms with Crippen LogP contribution >= 0.6 is 0 Å². The second-order valence-electron chi connectivity index (χ2n) is 7.31. The molecular weight excluding hydrogens is 368 g/mol. The fourth-order valence-electron chi connectivity index (χ4n) is 3.64. The topological polar surface area (TPSA) is 81.5 Å².